The Morgan fingerprint density at radius 1 is 1.00 bits per heavy atom. The molecule has 7 heteroatoms. The van der Waals surface area contributed by atoms with Gasteiger partial charge in [0.1, 0.15) is 5.75 Å². The number of hydrogen-bond donors (Lipinski definition) is 1. The fourth-order valence-corrected chi connectivity index (χ4v) is 4.88. The molecule has 1 aliphatic carbocycles. The van der Waals surface area contributed by atoms with Crippen molar-refractivity contribution in [2.45, 2.75) is 56.0 Å². The summed E-state index contributed by atoms with van der Waals surface area (Å²) in [7, 11) is -0.527. The lowest BCUT2D eigenvalue weighted by molar-refractivity contribution is 0.0933. The topological polar surface area (TPSA) is 75.7 Å². The van der Waals surface area contributed by atoms with Crippen LogP contribution in [0.3, 0.4) is 0 Å². The molecule has 1 N–H and O–H groups in total. The molecule has 0 bridgehead atoms. The Bertz CT molecular complexity index is 932. The quantitative estimate of drug-likeness (QED) is 0.675. The van der Waals surface area contributed by atoms with Crippen LogP contribution in [0.1, 0.15) is 54.4 Å². The first kappa shape index (κ1) is 22.3. The predicted molar refractivity (Wildman–Crippen MR) is 117 cm³/mol. The molecule has 3 rings (SSSR count). The van der Waals surface area contributed by atoms with E-state index in [0.29, 0.717) is 11.3 Å². The summed E-state index contributed by atoms with van der Waals surface area (Å²) in [6, 6.07) is 13.7. The van der Waals surface area contributed by atoms with E-state index >= 15 is 0 Å². The minimum Gasteiger partial charge on any atom is -0.497 e. The molecule has 30 heavy (non-hydrogen) atoms. The van der Waals surface area contributed by atoms with Crippen LogP contribution >= 0.6 is 0 Å². The van der Waals surface area contributed by atoms with Crippen molar-refractivity contribution in [2.75, 3.05) is 14.2 Å². The van der Waals surface area contributed by atoms with Gasteiger partial charge in [0.25, 0.3) is 5.91 Å². The number of benzene rings is 2. The van der Waals surface area contributed by atoms with E-state index in [4.69, 9.17) is 4.74 Å². The van der Waals surface area contributed by atoms with Crippen molar-refractivity contribution in [2.24, 2.45) is 0 Å². The fourth-order valence-electron chi connectivity index (χ4n) is 3.72. The highest BCUT2D eigenvalue weighted by molar-refractivity contribution is 7.89. The van der Waals surface area contributed by atoms with Crippen LogP contribution in [-0.2, 0) is 16.6 Å². The van der Waals surface area contributed by atoms with Gasteiger partial charge in [-0.3, -0.25) is 4.79 Å². The molecule has 6 nitrogen and oxygen atoms in total. The van der Waals surface area contributed by atoms with Gasteiger partial charge in [0, 0.05) is 25.2 Å². The summed E-state index contributed by atoms with van der Waals surface area (Å²) in [4.78, 5) is 12.7. The van der Waals surface area contributed by atoms with E-state index in [0.717, 1.165) is 18.4 Å². The maximum atomic E-state index is 12.8. The maximum Gasteiger partial charge on any atom is 0.251 e. The summed E-state index contributed by atoms with van der Waals surface area (Å²) in [6.45, 7) is 0.221. The number of amides is 1. The zero-order valence-electron chi connectivity index (χ0n) is 17.6. The molecule has 0 radical (unpaired) electrons. The zero-order chi connectivity index (χ0) is 21.6. The molecule has 1 aliphatic rings. The van der Waals surface area contributed by atoms with Gasteiger partial charge < -0.3 is 10.1 Å². The van der Waals surface area contributed by atoms with Crippen LogP contribution in [0.25, 0.3) is 0 Å². The third-order valence-corrected chi connectivity index (χ3v) is 7.40. The van der Waals surface area contributed by atoms with Crippen molar-refractivity contribution in [3.8, 4) is 5.75 Å². The van der Waals surface area contributed by atoms with E-state index in [1.165, 1.54) is 49.2 Å². The SMILES string of the molecule is COc1ccc(S(=O)(=O)N(C)Cc2ccc(C(=O)NC3CCCCCC3)cc2)cc1. The highest BCUT2D eigenvalue weighted by Crippen LogP contribution is 2.21. The van der Waals surface area contributed by atoms with Gasteiger partial charge in [-0.15, -0.1) is 0 Å². The molecule has 0 aromatic heterocycles. The Balaban J connectivity index is 1.61. The molecule has 1 fully saturated rings. The Hall–Kier alpha value is -2.38. The molecule has 1 saturated carbocycles. The lowest BCUT2D eigenvalue weighted by Crippen LogP contribution is -2.34. The van der Waals surface area contributed by atoms with Crippen LogP contribution in [0.15, 0.2) is 53.4 Å². The van der Waals surface area contributed by atoms with Gasteiger partial charge in [-0.05, 0) is 54.8 Å². The molecule has 0 unspecified atom stereocenters. The summed E-state index contributed by atoms with van der Waals surface area (Å²) in [6.07, 6.45) is 6.90. The molecular weight excluding hydrogens is 400 g/mol. The molecule has 0 heterocycles. The fraction of sp³-hybridized carbons (Fsp3) is 0.435. The third-order valence-electron chi connectivity index (χ3n) is 5.58. The molecule has 0 aliphatic heterocycles. The molecule has 1 amide bonds. The summed E-state index contributed by atoms with van der Waals surface area (Å²) in [5, 5.41) is 3.13. The molecule has 0 atom stereocenters. The van der Waals surface area contributed by atoms with Gasteiger partial charge in [0.15, 0.2) is 0 Å². The first-order chi connectivity index (χ1) is 14.4. The van der Waals surface area contributed by atoms with E-state index in [-0.39, 0.29) is 23.4 Å². The number of nitrogens with zero attached hydrogens (tertiary/aromatic N) is 1. The second-order valence-corrected chi connectivity index (χ2v) is 9.84. The number of sulfonamides is 1. The molecule has 2 aromatic carbocycles. The summed E-state index contributed by atoms with van der Waals surface area (Å²) < 4.78 is 31.9. The van der Waals surface area contributed by atoms with Gasteiger partial charge in [0.2, 0.25) is 10.0 Å². The van der Waals surface area contributed by atoms with Gasteiger partial charge >= 0.3 is 0 Å². The molecule has 2 aromatic rings. The van der Waals surface area contributed by atoms with E-state index < -0.39 is 10.0 Å². The number of methoxy groups -OCH3 is 1. The van der Waals surface area contributed by atoms with Crippen LogP contribution < -0.4 is 10.1 Å². The third kappa shape index (κ3) is 5.61. The standard InChI is InChI=1S/C23H30N2O4S/c1-25(30(27,28)22-15-13-21(29-2)14-16-22)17-18-9-11-19(12-10-18)23(26)24-20-7-5-3-4-6-8-20/h9-16,20H,3-8,17H2,1-2H3,(H,24,26). The van der Waals surface area contributed by atoms with Gasteiger partial charge in [-0.2, -0.15) is 4.31 Å². The Morgan fingerprint density at radius 3 is 2.17 bits per heavy atom. The largest absolute Gasteiger partial charge is 0.497 e. The predicted octanol–water partition coefficient (Wildman–Crippen LogP) is 3.97. The first-order valence-corrected chi connectivity index (χ1v) is 11.8. The van der Waals surface area contributed by atoms with Crippen LogP contribution in [0, 0.1) is 0 Å². The van der Waals surface area contributed by atoms with Crippen LogP contribution in [0.5, 0.6) is 5.75 Å². The van der Waals surface area contributed by atoms with Crippen molar-refractivity contribution >= 4 is 15.9 Å². The summed E-state index contributed by atoms with van der Waals surface area (Å²) in [5.41, 5.74) is 1.42. The van der Waals surface area contributed by atoms with Crippen LogP contribution in [0.2, 0.25) is 0 Å². The van der Waals surface area contributed by atoms with E-state index in [2.05, 4.69) is 5.32 Å². The number of carbonyl (C=O) groups is 1. The number of ether oxygens (including phenoxy) is 1. The van der Waals surface area contributed by atoms with Crippen LogP contribution in [-0.4, -0.2) is 38.8 Å². The molecular formula is C23H30N2O4S. The lowest BCUT2D eigenvalue weighted by atomic mass is 10.1. The van der Waals surface area contributed by atoms with Gasteiger partial charge in [0.05, 0.1) is 12.0 Å². The smallest absolute Gasteiger partial charge is 0.251 e. The molecule has 0 spiro atoms. The molecule has 162 valence electrons. The van der Waals surface area contributed by atoms with Crippen molar-refractivity contribution in [3.05, 3.63) is 59.7 Å². The normalized spacial score (nSPS) is 15.6. The van der Waals surface area contributed by atoms with Crippen LogP contribution in [0.4, 0.5) is 0 Å². The second-order valence-electron chi connectivity index (χ2n) is 7.80. The Morgan fingerprint density at radius 2 is 1.60 bits per heavy atom. The lowest BCUT2D eigenvalue weighted by Gasteiger charge is -2.18. The highest BCUT2D eigenvalue weighted by Gasteiger charge is 2.21. The Kier molecular flexibility index (Phi) is 7.50. The second kappa shape index (κ2) is 10.1. The highest BCUT2D eigenvalue weighted by atomic mass is 32.2. The van der Waals surface area contributed by atoms with Crippen molar-refractivity contribution in [1.82, 2.24) is 9.62 Å². The average molecular weight is 431 g/mol. The average Bonchev–Trinajstić information content (AvgIpc) is 3.03. The van der Waals surface area contributed by atoms with E-state index in [1.54, 1.807) is 31.3 Å². The van der Waals surface area contributed by atoms with E-state index in [9.17, 15) is 13.2 Å². The zero-order valence-corrected chi connectivity index (χ0v) is 18.5. The van der Waals surface area contributed by atoms with Gasteiger partial charge in [-0.25, -0.2) is 8.42 Å². The minimum absolute atomic E-state index is 0.0624. The van der Waals surface area contributed by atoms with Gasteiger partial charge in [-0.1, -0.05) is 37.8 Å². The minimum atomic E-state index is -3.61. The summed E-state index contributed by atoms with van der Waals surface area (Å²) >= 11 is 0. The number of nitrogens with one attached hydrogen (secondary N) is 1. The number of hydrogen-bond acceptors (Lipinski definition) is 4. The summed E-state index contributed by atoms with van der Waals surface area (Å²) in [5.74, 6) is 0.543. The van der Waals surface area contributed by atoms with Crippen molar-refractivity contribution in [1.29, 1.82) is 0 Å². The van der Waals surface area contributed by atoms with Crippen molar-refractivity contribution < 1.29 is 17.9 Å². The maximum absolute atomic E-state index is 12.8. The first-order valence-electron chi connectivity index (χ1n) is 10.4. The van der Waals surface area contributed by atoms with E-state index in [1.807, 2.05) is 12.1 Å². The molecule has 0 saturated heterocycles. The number of carbonyl (C=O) groups excluding carboxylic acids is 1. The van der Waals surface area contributed by atoms with Crippen molar-refractivity contribution in [3.63, 3.8) is 0 Å². The Labute approximate surface area is 179 Å². The monoisotopic (exact) mass is 430 g/mol. The number of rotatable bonds is 7.